The first kappa shape index (κ1) is 12.3. The second-order valence-electron chi connectivity index (χ2n) is 4.21. The van der Waals surface area contributed by atoms with E-state index in [1.165, 1.54) is 11.1 Å². The molecule has 0 saturated carbocycles. The maximum Gasteiger partial charge on any atom is 0.286 e. The van der Waals surface area contributed by atoms with Crippen molar-refractivity contribution in [2.75, 3.05) is 7.11 Å². The molecule has 0 aliphatic rings. The minimum Gasteiger partial charge on any atom is -0.497 e. The summed E-state index contributed by atoms with van der Waals surface area (Å²) in [6, 6.07) is 8.02. The van der Waals surface area contributed by atoms with E-state index in [4.69, 9.17) is 4.74 Å². The van der Waals surface area contributed by atoms with Gasteiger partial charge in [-0.15, -0.1) is 0 Å². The Balaban J connectivity index is 2.20. The third-order valence-corrected chi connectivity index (χ3v) is 2.78. The van der Waals surface area contributed by atoms with Crippen LogP contribution in [0.15, 0.2) is 36.8 Å². The lowest BCUT2D eigenvalue weighted by Gasteiger charge is -2.03. The number of methoxy groups -OCH3 is 1. The Bertz CT molecular complexity index is 559. The molecule has 0 saturated heterocycles. The fraction of sp³-hybridized carbons (Fsp3) is 0.200. The van der Waals surface area contributed by atoms with Crippen molar-refractivity contribution in [1.29, 1.82) is 0 Å². The number of rotatable bonds is 3. The Kier molecular flexibility index (Phi) is 3.72. The van der Waals surface area contributed by atoms with Crippen molar-refractivity contribution in [3.63, 3.8) is 0 Å². The van der Waals surface area contributed by atoms with Crippen molar-refractivity contribution >= 4 is 12.2 Å². The molecule has 0 bridgehead atoms. The number of hydrogen-bond donors (Lipinski definition) is 0. The Morgan fingerprint density at radius 3 is 2.67 bits per heavy atom. The van der Waals surface area contributed by atoms with Gasteiger partial charge < -0.3 is 4.74 Å². The monoisotopic (exact) mass is 241 g/mol. The molecule has 2 aromatic rings. The van der Waals surface area contributed by atoms with E-state index < -0.39 is 0 Å². The molecule has 0 spiro atoms. The normalized spacial score (nSPS) is 10.8. The molecular weight excluding hydrogens is 224 g/mol. The summed E-state index contributed by atoms with van der Waals surface area (Å²) in [5, 5.41) is 0. The Labute approximate surface area is 107 Å². The molecule has 0 amide bonds. The molecule has 18 heavy (non-hydrogen) atoms. The van der Waals surface area contributed by atoms with E-state index in [1.807, 2.05) is 48.2 Å². The van der Waals surface area contributed by atoms with Gasteiger partial charge in [0, 0.05) is 6.07 Å². The van der Waals surface area contributed by atoms with Crippen LogP contribution < -0.4 is 9.30 Å². The lowest BCUT2D eigenvalue weighted by molar-refractivity contribution is -0.674. The molecule has 0 unspecified atom stereocenters. The van der Waals surface area contributed by atoms with Gasteiger partial charge >= 0.3 is 0 Å². The van der Waals surface area contributed by atoms with Gasteiger partial charge in [-0.05, 0) is 41.2 Å². The van der Waals surface area contributed by atoms with Crippen LogP contribution in [0.1, 0.15) is 16.8 Å². The summed E-state index contributed by atoms with van der Waals surface area (Å²) in [5.41, 5.74) is 3.31. The van der Waals surface area contributed by atoms with Crippen molar-refractivity contribution in [1.82, 2.24) is 4.98 Å². The SMILES string of the molecule is COc1ccc(/C=C/c2cc[n+](C)cn2)c(C)c1. The van der Waals surface area contributed by atoms with Crippen LogP contribution in [0.3, 0.4) is 0 Å². The van der Waals surface area contributed by atoms with E-state index in [0.29, 0.717) is 0 Å². The molecule has 1 aromatic heterocycles. The van der Waals surface area contributed by atoms with Gasteiger partial charge in [0.25, 0.3) is 6.33 Å². The smallest absolute Gasteiger partial charge is 0.286 e. The van der Waals surface area contributed by atoms with Gasteiger partial charge in [-0.1, -0.05) is 12.1 Å². The number of benzene rings is 1. The first-order chi connectivity index (χ1) is 8.69. The van der Waals surface area contributed by atoms with Crippen molar-refractivity contribution in [2.45, 2.75) is 6.92 Å². The van der Waals surface area contributed by atoms with E-state index in [-0.39, 0.29) is 0 Å². The molecule has 0 aliphatic carbocycles. The highest BCUT2D eigenvalue weighted by Crippen LogP contribution is 2.18. The summed E-state index contributed by atoms with van der Waals surface area (Å²) in [7, 11) is 3.63. The third kappa shape index (κ3) is 2.94. The highest BCUT2D eigenvalue weighted by molar-refractivity contribution is 5.69. The van der Waals surface area contributed by atoms with E-state index >= 15 is 0 Å². The zero-order valence-corrected chi connectivity index (χ0v) is 10.9. The zero-order chi connectivity index (χ0) is 13.0. The quantitative estimate of drug-likeness (QED) is 0.771. The largest absolute Gasteiger partial charge is 0.497 e. The molecule has 0 radical (unpaired) electrons. The average molecular weight is 241 g/mol. The molecule has 0 fully saturated rings. The first-order valence-corrected chi connectivity index (χ1v) is 5.83. The number of hydrogen-bond acceptors (Lipinski definition) is 2. The van der Waals surface area contributed by atoms with Gasteiger partial charge in [-0.25, -0.2) is 4.57 Å². The van der Waals surface area contributed by atoms with Gasteiger partial charge in [0.2, 0.25) is 0 Å². The molecule has 3 heteroatoms. The van der Waals surface area contributed by atoms with Crippen LogP contribution >= 0.6 is 0 Å². The average Bonchev–Trinajstić information content (AvgIpc) is 2.39. The molecule has 0 N–H and O–H groups in total. The van der Waals surface area contributed by atoms with Crippen LogP contribution in [0.25, 0.3) is 12.2 Å². The van der Waals surface area contributed by atoms with E-state index in [0.717, 1.165) is 11.4 Å². The van der Waals surface area contributed by atoms with Crippen molar-refractivity contribution < 1.29 is 9.30 Å². The van der Waals surface area contributed by atoms with Crippen LogP contribution in [0.5, 0.6) is 5.75 Å². The number of aromatic nitrogens is 2. The highest BCUT2D eigenvalue weighted by Gasteiger charge is 1.99. The lowest BCUT2D eigenvalue weighted by atomic mass is 10.1. The van der Waals surface area contributed by atoms with Gasteiger partial charge in [-0.2, -0.15) is 0 Å². The van der Waals surface area contributed by atoms with E-state index in [1.54, 1.807) is 13.4 Å². The Morgan fingerprint density at radius 1 is 1.22 bits per heavy atom. The number of aryl methyl sites for hydroxylation is 2. The second kappa shape index (κ2) is 5.45. The van der Waals surface area contributed by atoms with E-state index in [2.05, 4.69) is 18.0 Å². The van der Waals surface area contributed by atoms with Gasteiger partial charge in [0.1, 0.15) is 5.75 Å². The first-order valence-electron chi connectivity index (χ1n) is 5.83. The summed E-state index contributed by atoms with van der Waals surface area (Å²) in [6.45, 7) is 2.07. The minimum absolute atomic E-state index is 0.884. The second-order valence-corrected chi connectivity index (χ2v) is 4.21. The van der Waals surface area contributed by atoms with E-state index in [9.17, 15) is 0 Å². The summed E-state index contributed by atoms with van der Waals surface area (Å²) < 4.78 is 7.10. The molecular formula is C15H17N2O+. The van der Waals surface area contributed by atoms with Crippen LogP contribution in [-0.2, 0) is 7.05 Å². The maximum absolute atomic E-state index is 5.19. The molecule has 1 heterocycles. The Hall–Kier alpha value is -2.16. The molecule has 0 aliphatic heterocycles. The molecule has 92 valence electrons. The summed E-state index contributed by atoms with van der Waals surface area (Å²) in [6.07, 6.45) is 7.85. The standard InChI is InChI=1S/C15H17N2O/c1-12-10-15(18-3)7-5-13(12)4-6-14-8-9-17(2)11-16-14/h4-11H,1-3H3/q+1/b6-4+. The predicted molar refractivity (Wildman–Crippen MR) is 72.1 cm³/mol. The zero-order valence-electron chi connectivity index (χ0n) is 10.9. The van der Waals surface area contributed by atoms with Gasteiger partial charge in [-0.3, -0.25) is 0 Å². The van der Waals surface area contributed by atoms with Gasteiger partial charge in [0.05, 0.1) is 20.4 Å². The van der Waals surface area contributed by atoms with Crippen LogP contribution in [0.4, 0.5) is 0 Å². The maximum atomic E-state index is 5.19. The van der Waals surface area contributed by atoms with Crippen LogP contribution in [-0.4, -0.2) is 12.1 Å². The van der Waals surface area contributed by atoms with Gasteiger partial charge in [0.15, 0.2) is 5.69 Å². The van der Waals surface area contributed by atoms with Crippen molar-refractivity contribution in [2.24, 2.45) is 7.05 Å². The van der Waals surface area contributed by atoms with Crippen molar-refractivity contribution in [3.05, 3.63) is 53.6 Å². The number of ether oxygens (including phenoxy) is 1. The summed E-state index contributed by atoms with van der Waals surface area (Å²) >= 11 is 0. The topological polar surface area (TPSA) is 26.0 Å². The fourth-order valence-corrected chi connectivity index (χ4v) is 1.67. The number of nitrogens with zero attached hydrogens (tertiary/aromatic N) is 2. The molecule has 3 nitrogen and oxygen atoms in total. The molecule has 0 atom stereocenters. The van der Waals surface area contributed by atoms with Crippen molar-refractivity contribution in [3.8, 4) is 5.75 Å². The molecule has 2 rings (SSSR count). The Morgan fingerprint density at radius 2 is 2.06 bits per heavy atom. The summed E-state index contributed by atoms with van der Waals surface area (Å²) in [4.78, 5) is 4.31. The minimum atomic E-state index is 0.884. The summed E-state index contributed by atoms with van der Waals surface area (Å²) in [5.74, 6) is 0.884. The lowest BCUT2D eigenvalue weighted by Crippen LogP contribution is -2.27. The van der Waals surface area contributed by atoms with Crippen LogP contribution in [0.2, 0.25) is 0 Å². The highest BCUT2D eigenvalue weighted by atomic mass is 16.5. The van der Waals surface area contributed by atoms with Crippen LogP contribution in [0, 0.1) is 6.92 Å². The predicted octanol–water partition coefficient (Wildman–Crippen LogP) is 2.39. The molecule has 1 aromatic carbocycles. The fourth-order valence-electron chi connectivity index (χ4n) is 1.67. The third-order valence-electron chi connectivity index (χ3n) is 2.78.